The van der Waals surface area contributed by atoms with Crippen molar-refractivity contribution in [2.24, 2.45) is 0 Å². The van der Waals surface area contributed by atoms with Crippen LogP contribution >= 0.6 is 0 Å². The van der Waals surface area contributed by atoms with Crippen LogP contribution in [-0.2, 0) is 12.8 Å². The van der Waals surface area contributed by atoms with Crippen molar-refractivity contribution in [2.45, 2.75) is 163 Å². The Morgan fingerprint density at radius 2 is 0.684 bits per heavy atom. The molecule has 0 spiro atoms. The first-order valence-electron chi connectivity index (χ1n) is 22.2. The van der Waals surface area contributed by atoms with Crippen LogP contribution in [0.4, 0.5) is 0 Å². The molecule has 306 valence electrons. The van der Waals surface area contributed by atoms with Crippen LogP contribution in [0.5, 0.6) is 11.5 Å². The molecule has 2 aromatic heterocycles. The smallest absolute Gasteiger partial charge is 0.146 e. The maximum absolute atomic E-state index is 10.8. The van der Waals surface area contributed by atoms with Gasteiger partial charge in [0.05, 0.1) is 0 Å². The maximum Gasteiger partial charge on any atom is 0.146 e. The summed E-state index contributed by atoms with van der Waals surface area (Å²) in [6.07, 6.45) is 26.8. The number of nitrogens with zero attached hydrogens (tertiary/aromatic N) is 6. The lowest BCUT2D eigenvalue weighted by Gasteiger charge is -2.11. The first kappa shape index (κ1) is 43.4. The Morgan fingerprint density at radius 3 is 0.982 bits per heavy atom. The van der Waals surface area contributed by atoms with Crippen molar-refractivity contribution in [1.29, 1.82) is 0 Å². The molecule has 8 nitrogen and oxygen atoms in total. The molecule has 0 aliphatic heterocycles. The van der Waals surface area contributed by atoms with E-state index in [1.807, 2.05) is 60.7 Å². The fourth-order valence-electron chi connectivity index (χ4n) is 7.72. The van der Waals surface area contributed by atoms with E-state index in [0.29, 0.717) is 22.9 Å². The van der Waals surface area contributed by atoms with Crippen molar-refractivity contribution in [3.8, 4) is 22.9 Å². The van der Waals surface area contributed by atoms with Crippen LogP contribution in [0.2, 0.25) is 0 Å². The summed E-state index contributed by atoms with van der Waals surface area (Å²) in [7, 11) is 0. The lowest BCUT2D eigenvalue weighted by molar-refractivity contribution is 0.458. The van der Waals surface area contributed by atoms with Gasteiger partial charge >= 0.3 is 0 Å². The average molecular weight is 773 g/mol. The Labute approximate surface area is 341 Å². The molecule has 0 atom stereocenters. The van der Waals surface area contributed by atoms with E-state index in [2.05, 4.69) is 60.2 Å². The highest BCUT2D eigenvalue weighted by molar-refractivity contribution is 5.74. The summed E-state index contributed by atoms with van der Waals surface area (Å²) < 4.78 is 0. The molecule has 2 heterocycles. The number of hydrogen-bond acceptors (Lipinski definition) is 6. The number of aromatic nitrogens is 6. The molecule has 0 bridgehead atoms. The largest absolute Gasteiger partial charge is 0.505 e. The number of benzene rings is 4. The molecule has 6 rings (SSSR count). The molecule has 8 heteroatoms. The summed E-state index contributed by atoms with van der Waals surface area (Å²) in [6, 6.07) is 23.7. The van der Waals surface area contributed by atoms with Crippen LogP contribution in [-0.4, -0.2) is 40.2 Å². The first-order valence-corrected chi connectivity index (χ1v) is 22.2. The number of aromatic hydroxyl groups is 2. The Hall–Kier alpha value is -4.72. The highest BCUT2D eigenvalue weighted by atomic mass is 16.3. The molecule has 4 aromatic carbocycles. The van der Waals surface area contributed by atoms with E-state index in [-0.39, 0.29) is 0 Å². The van der Waals surface area contributed by atoms with E-state index in [1.165, 1.54) is 109 Å². The van der Waals surface area contributed by atoms with Crippen LogP contribution in [0.25, 0.3) is 33.4 Å². The van der Waals surface area contributed by atoms with Gasteiger partial charge < -0.3 is 10.2 Å². The van der Waals surface area contributed by atoms with Gasteiger partial charge in [-0.15, -0.1) is 30.0 Å². The fourth-order valence-corrected chi connectivity index (χ4v) is 7.72. The first-order chi connectivity index (χ1) is 27.9. The van der Waals surface area contributed by atoms with Gasteiger partial charge in [0, 0.05) is 0 Å². The molecule has 0 saturated carbocycles. The molecule has 0 aliphatic rings. The second-order valence-electron chi connectivity index (χ2n) is 16.1. The summed E-state index contributed by atoms with van der Waals surface area (Å²) in [5.41, 5.74) is 8.94. The van der Waals surface area contributed by atoms with Gasteiger partial charge in [-0.05, 0) is 98.2 Å². The second-order valence-corrected chi connectivity index (χ2v) is 16.1. The molecule has 0 radical (unpaired) electrons. The van der Waals surface area contributed by atoms with Crippen LogP contribution in [0, 0.1) is 13.8 Å². The molecule has 57 heavy (non-hydrogen) atoms. The zero-order chi connectivity index (χ0) is 40.2. The minimum Gasteiger partial charge on any atom is -0.505 e. The molecule has 0 fully saturated rings. The Morgan fingerprint density at radius 1 is 0.404 bits per heavy atom. The number of phenolic OH excluding ortho intramolecular Hbond substituents is 2. The third-order valence-corrected chi connectivity index (χ3v) is 11.0. The standard InChI is InChI=1S/C25H35N3O.C24H33N3O/c1-3-4-5-6-7-8-9-10-11-12-15-21-18-20(2)19-24(25(21)29)28-26-22-16-13-14-17-23(22)27-28;1-3-4-5-6-7-8-9-10-11-14-20-17-19(2)18-23(24(20)28)27-25-21-15-12-13-16-22(21)26-27/h13-14,16-19,29H,3-12,15H2,1-2H3;12-13,15-18,28H,3-11,14H2,1-2H3. The molecular formula is C49H68N6O2. The van der Waals surface area contributed by atoms with Crippen LogP contribution < -0.4 is 0 Å². The number of unbranched alkanes of at least 4 members (excludes halogenated alkanes) is 17. The number of fused-ring (bicyclic) bond motifs is 2. The Balaban J connectivity index is 0.000000218. The number of phenols is 2. The van der Waals surface area contributed by atoms with Crippen molar-refractivity contribution in [3.63, 3.8) is 0 Å². The van der Waals surface area contributed by atoms with Gasteiger partial charge in [0.15, 0.2) is 0 Å². The SMILES string of the molecule is CCCCCCCCCCCCc1cc(C)cc(-n2nc3ccccc3n2)c1O.CCCCCCCCCCCc1cc(C)cc(-n2nc3ccccc3n2)c1O. The summed E-state index contributed by atoms with van der Waals surface area (Å²) >= 11 is 0. The van der Waals surface area contributed by atoms with Crippen molar-refractivity contribution in [3.05, 3.63) is 95.1 Å². The van der Waals surface area contributed by atoms with Crippen LogP contribution in [0.1, 0.15) is 158 Å². The topological polar surface area (TPSA) is 102 Å². The molecular weight excluding hydrogens is 705 g/mol. The van der Waals surface area contributed by atoms with Gasteiger partial charge in [-0.25, -0.2) is 0 Å². The molecule has 0 amide bonds. The van der Waals surface area contributed by atoms with Gasteiger partial charge in [-0.3, -0.25) is 0 Å². The number of hydrogen-bond donors (Lipinski definition) is 2. The third kappa shape index (κ3) is 13.4. The van der Waals surface area contributed by atoms with Gasteiger partial charge in [0.25, 0.3) is 0 Å². The average Bonchev–Trinajstić information content (AvgIpc) is 3.85. The lowest BCUT2D eigenvalue weighted by atomic mass is 10.0. The van der Waals surface area contributed by atoms with Gasteiger partial charge in [-0.2, -0.15) is 0 Å². The summed E-state index contributed by atoms with van der Waals surface area (Å²) in [5.74, 6) is 0.623. The van der Waals surface area contributed by atoms with Crippen molar-refractivity contribution in [2.75, 3.05) is 0 Å². The van der Waals surface area contributed by atoms with Crippen molar-refractivity contribution in [1.82, 2.24) is 30.0 Å². The lowest BCUT2D eigenvalue weighted by Crippen LogP contribution is -2.02. The minimum absolute atomic E-state index is 0.311. The maximum atomic E-state index is 10.8. The van der Waals surface area contributed by atoms with Crippen molar-refractivity contribution >= 4 is 22.1 Å². The Kier molecular flexibility index (Phi) is 17.9. The highest BCUT2D eigenvalue weighted by Gasteiger charge is 2.15. The number of rotatable bonds is 23. The van der Waals surface area contributed by atoms with E-state index < -0.39 is 0 Å². The van der Waals surface area contributed by atoms with Gasteiger partial charge in [-0.1, -0.05) is 159 Å². The molecule has 0 aliphatic carbocycles. The van der Waals surface area contributed by atoms with E-state index in [9.17, 15) is 10.2 Å². The highest BCUT2D eigenvalue weighted by Crippen LogP contribution is 2.31. The van der Waals surface area contributed by atoms with E-state index in [1.54, 1.807) is 9.59 Å². The monoisotopic (exact) mass is 773 g/mol. The number of aryl methyl sites for hydroxylation is 4. The predicted octanol–water partition coefficient (Wildman–Crippen LogP) is 13.4. The van der Waals surface area contributed by atoms with E-state index >= 15 is 0 Å². The second kappa shape index (κ2) is 23.5. The molecule has 2 N–H and O–H groups in total. The zero-order valence-electron chi connectivity index (χ0n) is 35.4. The normalized spacial score (nSPS) is 11.4. The van der Waals surface area contributed by atoms with Gasteiger partial charge in [0.1, 0.15) is 44.9 Å². The van der Waals surface area contributed by atoms with Gasteiger partial charge in [0.2, 0.25) is 0 Å². The Bertz CT molecular complexity index is 2020. The fraction of sp³-hybridized carbons (Fsp3) is 0.510. The van der Waals surface area contributed by atoms with E-state index in [4.69, 9.17) is 0 Å². The molecule has 0 unspecified atom stereocenters. The third-order valence-electron chi connectivity index (χ3n) is 11.0. The van der Waals surface area contributed by atoms with Crippen LogP contribution in [0.3, 0.4) is 0 Å². The molecule has 6 aromatic rings. The minimum atomic E-state index is 0.311. The summed E-state index contributed by atoms with van der Waals surface area (Å²) in [5, 5.41) is 39.8. The molecule has 0 saturated heterocycles. The van der Waals surface area contributed by atoms with Crippen molar-refractivity contribution < 1.29 is 10.2 Å². The quantitative estimate of drug-likeness (QED) is 0.0629. The van der Waals surface area contributed by atoms with E-state index in [0.717, 1.165) is 70.0 Å². The predicted molar refractivity (Wildman–Crippen MR) is 237 cm³/mol. The zero-order valence-corrected chi connectivity index (χ0v) is 35.4. The summed E-state index contributed by atoms with van der Waals surface area (Å²) in [6.45, 7) is 8.65. The van der Waals surface area contributed by atoms with Crippen LogP contribution in [0.15, 0.2) is 72.8 Å². The summed E-state index contributed by atoms with van der Waals surface area (Å²) in [4.78, 5) is 3.13.